The normalized spacial score (nSPS) is 13.6. The Hall–Kier alpha value is 0.714. The Bertz CT molecular complexity index is 188. The van der Waals surface area contributed by atoms with E-state index in [1.807, 2.05) is 0 Å². The zero-order chi connectivity index (χ0) is 11.4. The number of allylic oxidation sites excluding steroid dienone is 2. The van der Waals surface area contributed by atoms with Crippen LogP contribution in [0.5, 0.6) is 0 Å². The van der Waals surface area contributed by atoms with E-state index in [0.717, 1.165) is 12.8 Å². The molecular formula is C14H26Y-2. The van der Waals surface area contributed by atoms with Crippen LogP contribution in [0.1, 0.15) is 54.4 Å². The summed E-state index contributed by atoms with van der Waals surface area (Å²) < 4.78 is 0. The predicted molar refractivity (Wildman–Crippen MR) is 65.9 cm³/mol. The number of unbranched alkanes of at least 4 members (excludes halogenated alkanes) is 1. The van der Waals surface area contributed by atoms with E-state index in [1.54, 1.807) is 0 Å². The molecule has 1 heteroatoms. The molecule has 0 aliphatic carbocycles. The molecule has 0 aromatic heterocycles. The van der Waals surface area contributed by atoms with Gasteiger partial charge in [-0.05, 0) is 5.41 Å². The zero-order valence-corrected chi connectivity index (χ0v) is 14.2. The van der Waals surface area contributed by atoms with E-state index in [-0.39, 0.29) is 38.1 Å². The molecule has 0 atom stereocenters. The molecule has 0 aliphatic heterocycles. The Kier molecular flexibility index (Phi) is 8.59. The Balaban J connectivity index is 0. The summed E-state index contributed by atoms with van der Waals surface area (Å²) in [5.74, 6) is 0. The van der Waals surface area contributed by atoms with E-state index in [0.29, 0.717) is 5.41 Å². The molecule has 0 nitrogen and oxygen atoms in total. The first-order valence-corrected chi connectivity index (χ1v) is 5.50. The molecule has 0 heterocycles. The maximum atomic E-state index is 4.09. The molecule has 1 radical (unpaired) electrons. The maximum absolute atomic E-state index is 4.09. The Morgan fingerprint density at radius 2 is 1.60 bits per heavy atom. The summed E-state index contributed by atoms with van der Waals surface area (Å²) >= 11 is 0. The van der Waals surface area contributed by atoms with Crippen molar-refractivity contribution >= 4 is 0 Å². The summed E-state index contributed by atoms with van der Waals surface area (Å²) in [5, 5.41) is 0. The van der Waals surface area contributed by atoms with Gasteiger partial charge in [0.15, 0.2) is 0 Å². The van der Waals surface area contributed by atoms with Crippen molar-refractivity contribution < 1.29 is 32.7 Å². The van der Waals surface area contributed by atoms with Crippen molar-refractivity contribution in [3.05, 3.63) is 25.0 Å². The summed E-state index contributed by atoms with van der Waals surface area (Å²) in [4.78, 5) is 0. The molecule has 0 aromatic carbocycles. The van der Waals surface area contributed by atoms with E-state index in [2.05, 4.69) is 61.0 Å². The van der Waals surface area contributed by atoms with Crippen molar-refractivity contribution in [2.75, 3.05) is 0 Å². The van der Waals surface area contributed by atoms with Gasteiger partial charge >= 0.3 is 0 Å². The summed E-state index contributed by atoms with van der Waals surface area (Å²) in [5.41, 5.74) is 1.82. The van der Waals surface area contributed by atoms with Crippen molar-refractivity contribution in [1.82, 2.24) is 0 Å². The van der Waals surface area contributed by atoms with E-state index < -0.39 is 0 Å². The summed E-state index contributed by atoms with van der Waals surface area (Å²) in [7, 11) is 0. The molecule has 87 valence electrons. The van der Waals surface area contributed by atoms with Crippen LogP contribution in [0.25, 0.3) is 0 Å². The second kappa shape index (κ2) is 7.12. The molecule has 15 heavy (non-hydrogen) atoms. The van der Waals surface area contributed by atoms with Gasteiger partial charge in [-0.25, -0.2) is 18.6 Å². The molecule has 0 N–H and O–H groups in total. The second-order valence-electron chi connectivity index (χ2n) is 6.13. The van der Waals surface area contributed by atoms with Gasteiger partial charge in [-0.3, -0.25) is 0 Å². The average Bonchev–Trinajstić information content (AvgIpc) is 1.93. The first-order valence-electron chi connectivity index (χ1n) is 5.50. The van der Waals surface area contributed by atoms with E-state index in [1.165, 1.54) is 5.57 Å². The van der Waals surface area contributed by atoms with Gasteiger partial charge in [0.05, 0.1) is 0 Å². The van der Waals surface area contributed by atoms with Gasteiger partial charge in [-0.1, -0.05) is 41.5 Å². The average molecular weight is 283 g/mol. The van der Waals surface area contributed by atoms with Crippen molar-refractivity contribution in [2.24, 2.45) is 10.8 Å². The second-order valence-corrected chi connectivity index (χ2v) is 6.13. The predicted octanol–water partition coefficient (Wildman–Crippen LogP) is 4.82. The SMILES string of the molecule is [CH2-]/C(=C\CC[CH-]C(C)(C)C)C(C)(C)C.[Y]. The quantitative estimate of drug-likeness (QED) is 0.514. The van der Waals surface area contributed by atoms with E-state index >= 15 is 0 Å². The molecule has 0 saturated carbocycles. The topological polar surface area (TPSA) is 0 Å². The summed E-state index contributed by atoms with van der Waals surface area (Å²) in [6.07, 6.45) is 6.91. The van der Waals surface area contributed by atoms with Crippen LogP contribution < -0.4 is 0 Å². The molecule has 0 saturated heterocycles. The molecule has 0 unspecified atom stereocenters. The summed E-state index contributed by atoms with van der Waals surface area (Å²) in [6.45, 7) is 17.4. The number of hydrogen-bond donors (Lipinski definition) is 0. The van der Waals surface area contributed by atoms with Gasteiger partial charge in [0, 0.05) is 32.7 Å². The van der Waals surface area contributed by atoms with Gasteiger partial charge in [-0.2, -0.15) is 11.8 Å². The number of rotatable bonds is 3. The van der Waals surface area contributed by atoms with Crippen molar-refractivity contribution in [3.8, 4) is 0 Å². The van der Waals surface area contributed by atoms with Crippen LogP contribution in [0.2, 0.25) is 0 Å². The zero-order valence-electron chi connectivity index (χ0n) is 11.4. The van der Waals surface area contributed by atoms with E-state index in [9.17, 15) is 0 Å². The van der Waals surface area contributed by atoms with Crippen LogP contribution >= 0.6 is 0 Å². The maximum Gasteiger partial charge on any atom is 0 e. The fourth-order valence-electron chi connectivity index (χ4n) is 1.08. The third-order valence-electron chi connectivity index (χ3n) is 2.28. The Morgan fingerprint density at radius 1 is 1.13 bits per heavy atom. The van der Waals surface area contributed by atoms with Crippen LogP contribution in [0.3, 0.4) is 0 Å². The fourth-order valence-corrected chi connectivity index (χ4v) is 1.08. The minimum absolute atomic E-state index is 0. The van der Waals surface area contributed by atoms with Crippen LogP contribution in [-0.4, -0.2) is 0 Å². The molecule has 0 aromatic rings. The third kappa shape index (κ3) is 11.0. The van der Waals surface area contributed by atoms with Crippen molar-refractivity contribution in [3.63, 3.8) is 0 Å². The summed E-state index contributed by atoms with van der Waals surface area (Å²) in [6, 6.07) is 0. The molecule has 0 bridgehead atoms. The monoisotopic (exact) mass is 283 g/mol. The van der Waals surface area contributed by atoms with Gasteiger partial charge in [-0.15, -0.1) is 6.42 Å². The largest absolute Gasteiger partial charge is 0.324 e. The van der Waals surface area contributed by atoms with Gasteiger partial charge in [0.25, 0.3) is 0 Å². The van der Waals surface area contributed by atoms with Gasteiger partial charge in [0.2, 0.25) is 0 Å². The number of hydrogen-bond acceptors (Lipinski definition) is 0. The van der Waals surface area contributed by atoms with Crippen LogP contribution in [-0.2, 0) is 32.7 Å². The van der Waals surface area contributed by atoms with E-state index in [4.69, 9.17) is 0 Å². The first-order chi connectivity index (χ1) is 6.13. The van der Waals surface area contributed by atoms with Gasteiger partial charge < -0.3 is 6.42 Å². The Labute approximate surface area is 122 Å². The molecule has 0 rings (SSSR count). The Morgan fingerprint density at radius 3 is 1.93 bits per heavy atom. The van der Waals surface area contributed by atoms with Crippen LogP contribution in [0, 0.1) is 24.2 Å². The molecule has 0 fully saturated rings. The minimum Gasteiger partial charge on any atom is -0.324 e. The van der Waals surface area contributed by atoms with Crippen molar-refractivity contribution in [1.29, 1.82) is 0 Å². The molecule has 0 spiro atoms. The third-order valence-corrected chi connectivity index (χ3v) is 2.28. The van der Waals surface area contributed by atoms with Crippen molar-refractivity contribution in [2.45, 2.75) is 54.4 Å². The molecule has 0 aliphatic rings. The van der Waals surface area contributed by atoms with Crippen LogP contribution in [0.15, 0.2) is 11.6 Å². The minimum atomic E-state index is 0. The first kappa shape index (κ1) is 18.1. The fraction of sp³-hybridized carbons (Fsp3) is 0.714. The van der Waals surface area contributed by atoms with Gasteiger partial charge in [0.1, 0.15) is 0 Å². The standard InChI is InChI=1S/C14H26.Y/c1-12(14(5,6)7)10-8-9-11-13(2,3)4;/h10-11H,1,8-9H2,2-7H3;/q-2;/b12-10+;. The molecular weight excluding hydrogens is 257 g/mol. The smallest absolute Gasteiger partial charge is 0 e. The van der Waals surface area contributed by atoms with Crippen LogP contribution in [0.4, 0.5) is 0 Å². The molecule has 0 amide bonds.